The topological polar surface area (TPSA) is 80.3 Å². The fourth-order valence-electron chi connectivity index (χ4n) is 4.51. The van der Waals surface area contributed by atoms with Gasteiger partial charge in [-0.15, -0.1) is 11.8 Å². The summed E-state index contributed by atoms with van der Waals surface area (Å²) in [4.78, 5) is 17.9. The molecule has 0 aliphatic rings. The van der Waals surface area contributed by atoms with Gasteiger partial charge in [0.05, 0.1) is 4.90 Å². The molecular formula is C29H29N3O3S. The van der Waals surface area contributed by atoms with Crippen LogP contribution >= 0.6 is 11.8 Å². The van der Waals surface area contributed by atoms with Crippen LogP contribution in [0.1, 0.15) is 47.3 Å². The van der Waals surface area contributed by atoms with Gasteiger partial charge in [-0.2, -0.15) is 0 Å². The van der Waals surface area contributed by atoms with Gasteiger partial charge < -0.3 is 19.5 Å². The number of hydrogen-bond donors (Lipinski definition) is 2. The summed E-state index contributed by atoms with van der Waals surface area (Å²) in [5.41, 5.74) is 5.26. The molecule has 6 nitrogen and oxygen atoms in total. The SMILES string of the molecule is CCc1oc2ccc(NC(=O)c3ccccn3)cc2c1CCNC(C)c1ccc2occ(SC)c2c1. The highest BCUT2D eigenvalue weighted by Crippen LogP contribution is 2.32. The average Bonchev–Trinajstić information content (AvgIpc) is 3.49. The number of thioether (sulfide) groups is 1. The molecule has 36 heavy (non-hydrogen) atoms. The molecule has 2 N–H and O–H groups in total. The molecule has 2 aromatic carbocycles. The third kappa shape index (κ3) is 4.90. The lowest BCUT2D eigenvalue weighted by Gasteiger charge is -2.15. The number of carbonyl (C=O) groups is 1. The van der Waals surface area contributed by atoms with Crippen LogP contribution in [-0.2, 0) is 12.8 Å². The molecule has 1 amide bonds. The van der Waals surface area contributed by atoms with E-state index in [0.717, 1.165) is 57.7 Å². The van der Waals surface area contributed by atoms with Crippen molar-refractivity contribution < 1.29 is 13.6 Å². The highest BCUT2D eigenvalue weighted by atomic mass is 32.2. The lowest BCUT2D eigenvalue weighted by molar-refractivity contribution is 0.102. The van der Waals surface area contributed by atoms with E-state index in [1.54, 1.807) is 36.2 Å². The van der Waals surface area contributed by atoms with Crippen LogP contribution in [0.3, 0.4) is 0 Å². The van der Waals surface area contributed by atoms with Gasteiger partial charge >= 0.3 is 0 Å². The first kappa shape index (κ1) is 24.2. The zero-order chi connectivity index (χ0) is 25.1. The Bertz CT molecular complexity index is 1510. The molecule has 0 bridgehead atoms. The standard InChI is InChI=1S/C29H29N3O3S/c1-4-25-21(12-14-30-18(2)19-8-10-26-23(15-19)28(36-3)17-34-26)22-16-20(9-11-27(22)35-25)32-29(33)24-7-5-6-13-31-24/h5-11,13,15-18,30H,4,12,14H2,1-3H3,(H,32,33). The van der Waals surface area contributed by atoms with E-state index in [0.29, 0.717) is 5.69 Å². The second-order valence-corrected chi connectivity index (χ2v) is 9.57. The molecule has 7 heteroatoms. The summed E-state index contributed by atoms with van der Waals surface area (Å²) >= 11 is 1.70. The summed E-state index contributed by atoms with van der Waals surface area (Å²) in [6.45, 7) is 5.08. The van der Waals surface area contributed by atoms with E-state index < -0.39 is 0 Å². The molecule has 1 unspecified atom stereocenters. The van der Waals surface area contributed by atoms with E-state index in [1.165, 1.54) is 11.1 Å². The molecule has 5 rings (SSSR count). The van der Waals surface area contributed by atoms with E-state index in [4.69, 9.17) is 8.83 Å². The molecule has 0 radical (unpaired) electrons. The summed E-state index contributed by atoms with van der Waals surface area (Å²) in [5.74, 6) is 0.752. The molecule has 0 saturated heterocycles. The first-order valence-corrected chi connectivity index (χ1v) is 13.3. The lowest BCUT2D eigenvalue weighted by atomic mass is 10.0. The number of fused-ring (bicyclic) bond motifs is 2. The highest BCUT2D eigenvalue weighted by molar-refractivity contribution is 7.98. The van der Waals surface area contributed by atoms with E-state index in [1.807, 2.05) is 30.5 Å². The number of benzene rings is 2. The number of rotatable bonds is 9. The van der Waals surface area contributed by atoms with Crippen LogP contribution in [0.15, 0.2) is 80.8 Å². The monoisotopic (exact) mass is 499 g/mol. The fraction of sp³-hybridized carbons (Fsp3) is 0.241. The number of aryl methyl sites for hydroxylation is 1. The van der Waals surface area contributed by atoms with Crippen molar-refractivity contribution in [1.29, 1.82) is 0 Å². The molecular weight excluding hydrogens is 470 g/mol. The third-order valence-corrected chi connectivity index (χ3v) is 7.21. The molecule has 0 aliphatic carbocycles. The fourth-order valence-corrected chi connectivity index (χ4v) is 5.04. The van der Waals surface area contributed by atoms with Gasteiger partial charge in [-0.25, -0.2) is 0 Å². The van der Waals surface area contributed by atoms with Crippen LogP contribution in [0, 0.1) is 0 Å². The Morgan fingerprint density at radius 2 is 1.94 bits per heavy atom. The quantitative estimate of drug-likeness (QED) is 0.213. The van der Waals surface area contributed by atoms with Gasteiger partial charge in [0, 0.05) is 40.7 Å². The first-order chi connectivity index (χ1) is 17.6. The molecule has 1 atom stereocenters. The Morgan fingerprint density at radius 3 is 2.72 bits per heavy atom. The van der Waals surface area contributed by atoms with Crippen molar-refractivity contribution in [1.82, 2.24) is 10.3 Å². The molecule has 0 saturated carbocycles. The maximum absolute atomic E-state index is 12.6. The van der Waals surface area contributed by atoms with E-state index in [2.05, 4.69) is 47.9 Å². The van der Waals surface area contributed by atoms with E-state index >= 15 is 0 Å². The predicted octanol–water partition coefficient (Wildman–Crippen LogP) is 7.00. The normalized spacial score (nSPS) is 12.3. The number of furan rings is 2. The number of pyridine rings is 1. The number of anilines is 1. The van der Waals surface area contributed by atoms with Crippen LogP contribution in [0.5, 0.6) is 0 Å². The summed E-state index contributed by atoms with van der Waals surface area (Å²) in [7, 11) is 0. The lowest BCUT2D eigenvalue weighted by Crippen LogP contribution is -2.21. The minimum atomic E-state index is -0.231. The zero-order valence-corrected chi connectivity index (χ0v) is 21.4. The van der Waals surface area contributed by atoms with Crippen LogP contribution in [-0.4, -0.2) is 23.7 Å². The summed E-state index contributed by atoms with van der Waals surface area (Å²) in [5, 5.41) is 8.80. The largest absolute Gasteiger partial charge is 0.463 e. The number of carbonyl (C=O) groups excluding carboxylic acids is 1. The Kier molecular flexibility index (Phi) is 7.11. The second-order valence-electron chi connectivity index (χ2n) is 8.72. The third-order valence-electron chi connectivity index (χ3n) is 6.46. The number of aromatic nitrogens is 1. The summed E-state index contributed by atoms with van der Waals surface area (Å²) < 4.78 is 11.8. The van der Waals surface area contributed by atoms with Gasteiger partial charge in [-0.05, 0) is 74.2 Å². The van der Waals surface area contributed by atoms with Crippen molar-refractivity contribution in [3.05, 3.63) is 89.6 Å². The van der Waals surface area contributed by atoms with Crippen LogP contribution < -0.4 is 10.6 Å². The number of hydrogen-bond acceptors (Lipinski definition) is 6. The smallest absolute Gasteiger partial charge is 0.274 e. The molecule has 5 aromatic rings. The van der Waals surface area contributed by atoms with Crippen molar-refractivity contribution in [2.45, 2.75) is 37.6 Å². The van der Waals surface area contributed by atoms with Crippen molar-refractivity contribution in [3.8, 4) is 0 Å². The number of nitrogens with one attached hydrogen (secondary N) is 2. The number of nitrogens with zero attached hydrogens (tertiary/aromatic N) is 1. The predicted molar refractivity (Wildman–Crippen MR) is 146 cm³/mol. The zero-order valence-electron chi connectivity index (χ0n) is 20.6. The number of amides is 1. The van der Waals surface area contributed by atoms with Gasteiger partial charge in [-0.1, -0.05) is 19.1 Å². The molecule has 0 spiro atoms. The first-order valence-electron chi connectivity index (χ1n) is 12.1. The van der Waals surface area contributed by atoms with Gasteiger partial charge in [0.1, 0.15) is 28.9 Å². The Balaban J connectivity index is 1.31. The molecule has 0 fully saturated rings. The van der Waals surface area contributed by atoms with Crippen LogP contribution in [0.25, 0.3) is 21.9 Å². The minimum absolute atomic E-state index is 0.190. The second kappa shape index (κ2) is 10.6. The Hall–Kier alpha value is -3.55. The maximum atomic E-state index is 12.6. The summed E-state index contributed by atoms with van der Waals surface area (Å²) in [6.07, 6.45) is 7.13. The summed E-state index contributed by atoms with van der Waals surface area (Å²) in [6, 6.07) is 17.6. The minimum Gasteiger partial charge on any atom is -0.463 e. The van der Waals surface area contributed by atoms with Crippen molar-refractivity contribution in [2.75, 3.05) is 18.1 Å². The highest BCUT2D eigenvalue weighted by Gasteiger charge is 2.16. The van der Waals surface area contributed by atoms with Crippen molar-refractivity contribution in [3.63, 3.8) is 0 Å². The Morgan fingerprint density at radius 1 is 1.08 bits per heavy atom. The average molecular weight is 500 g/mol. The van der Waals surface area contributed by atoms with Crippen molar-refractivity contribution in [2.24, 2.45) is 0 Å². The van der Waals surface area contributed by atoms with Crippen LogP contribution in [0.2, 0.25) is 0 Å². The van der Waals surface area contributed by atoms with Gasteiger partial charge in [-0.3, -0.25) is 9.78 Å². The van der Waals surface area contributed by atoms with Gasteiger partial charge in [0.15, 0.2) is 0 Å². The van der Waals surface area contributed by atoms with E-state index in [9.17, 15) is 4.79 Å². The molecule has 0 aliphatic heterocycles. The Labute approximate surface area is 214 Å². The molecule has 3 aromatic heterocycles. The maximum Gasteiger partial charge on any atom is 0.274 e. The van der Waals surface area contributed by atoms with Gasteiger partial charge in [0.25, 0.3) is 5.91 Å². The molecule has 184 valence electrons. The van der Waals surface area contributed by atoms with Crippen molar-refractivity contribution >= 4 is 45.3 Å². The molecule has 3 heterocycles. The van der Waals surface area contributed by atoms with Gasteiger partial charge in [0.2, 0.25) is 0 Å². The van der Waals surface area contributed by atoms with Crippen LogP contribution in [0.4, 0.5) is 5.69 Å². The van der Waals surface area contributed by atoms with E-state index in [-0.39, 0.29) is 11.9 Å².